The van der Waals surface area contributed by atoms with Crippen LogP contribution in [-0.4, -0.2) is 27.5 Å². The molecule has 0 N–H and O–H groups in total. The van der Waals surface area contributed by atoms with Crippen molar-refractivity contribution in [3.8, 4) is 5.75 Å². The summed E-state index contributed by atoms with van der Waals surface area (Å²) in [7, 11) is 1.60. The molecule has 1 aliphatic carbocycles. The van der Waals surface area contributed by atoms with Gasteiger partial charge in [0.15, 0.2) is 5.82 Å². The highest BCUT2D eigenvalue weighted by Gasteiger charge is 2.35. The molecule has 1 amide bonds. The summed E-state index contributed by atoms with van der Waals surface area (Å²) in [6, 6.07) is 7.17. The van der Waals surface area contributed by atoms with Crippen molar-refractivity contribution >= 4 is 11.7 Å². The fourth-order valence-corrected chi connectivity index (χ4v) is 3.48. The summed E-state index contributed by atoms with van der Waals surface area (Å²) in [5.41, 5.74) is 0.460. The first-order valence-electron chi connectivity index (χ1n) is 7.85. The van der Waals surface area contributed by atoms with Gasteiger partial charge in [-0.05, 0) is 37.1 Å². The number of benzene rings is 1. The van der Waals surface area contributed by atoms with E-state index in [4.69, 9.17) is 4.74 Å². The molecule has 120 valence electrons. The molecule has 0 saturated heterocycles. The van der Waals surface area contributed by atoms with Crippen molar-refractivity contribution in [3.05, 3.63) is 40.6 Å². The Hall–Kier alpha value is -2.57. The second kappa shape index (κ2) is 5.26. The summed E-state index contributed by atoms with van der Waals surface area (Å²) in [5, 5.41) is 0. The molecule has 1 fully saturated rings. The molecule has 7 heteroatoms. The molecule has 23 heavy (non-hydrogen) atoms. The molecule has 1 saturated carbocycles. The number of amides is 1. The lowest BCUT2D eigenvalue weighted by atomic mass is 10.3. The van der Waals surface area contributed by atoms with E-state index in [9.17, 15) is 9.59 Å². The van der Waals surface area contributed by atoms with Crippen LogP contribution in [0.4, 0.5) is 10.5 Å². The van der Waals surface area contributed by atoms with Gasteiger partial charge in [-0.1, -0.05) is 12.8 Å². The molecule has 2 heterocycles. The highest BCUT2D eigenvalue weighted by atomic mass is 16.5. The Morgan fingerprint density at radius 1 is 1.13 bits per heavy atom. The molecule has 0 spiro atoms. The zero-order valence-electron chi connectivity index (χ0n) is 12.9. The predicted molar refractivity (Wildman–Crippen MR) is 84.0 cm³/mol. The van der Waals surface area contributed by atoms with Crippen LogP contribution in [0.3, 0.4) is 0 Å². The number of aromatic nitrogens is 3. The number of nitrogens with zero attached hydrogens (tertiary/aromatic N) is 4. The average molecular weight is 314 g/mol. The number of ether oxygens (including phenoxy) is 1. The Morgan fingerprint density at radius 2 is 1.83 bits per heavy atom. The van der Waals surface area contributed by atoms with Crippen molar-refractivity contribution in [1.29, 1.82) is 0 Å². The summed E-state index contributed by atoms with van der Waals surface area (Å²) in [4.78, 5) is 30.7. The standard InChI is InChI=1S/C16H18N4O3/c1-23-13-8-6-11(7-9-13)18-10-14-17-15(21)19(20(14)16(18)22)12-4-2-3-5-12/h6-9,12H,2-5,10H2,1H3. The zero-order chi connectivity index (χ0) is 16.0. The first kappa shape index (κ1) is 14.0. The summed E-state index contributed by atoms with van der Waals surface area (Å²) in [6.45, 7) is 0.320. The van der Waals surface area contributed by atoms with E-state index in [1.807, 2.05) is 24.3 Å². The van der Waals surface area contributed by atoms with Gasteiger partial charge >= 0.3 is 11.7 Å². The van der Waals surface area contributed by atoms with Crippen LogP contribution >= 0.6 is 0 Å². The second-order valence-corrected chi connectivity index (χ2v) is 5.97. The van der Waals surface area contributed by atoms with E-state index in [-0.39, 0.29) is 17.8 Å². The van der Waals surface area contributed by atoms with Gasteiger partial charge in [0.05, 0.1) is 19.7 Å². The Kier molecular flexibility index (Phi) is 3.21. The van der Waals surface area contributed by atoms with Crippen molar-refractivity contribution in [1.82, 2.24) is 14.3 Å². The third-order valence-corrected chi connectivity index (χ3v) is 4.65. The SMILES string of the molecule is COc1ccc(N2Cc3nc(=O)n(C4CCCC4)n3C2=O)cc1. The predicted octanol–water partition coefficient (Wildman–Crippen LogP) is 2.16. The van der Waals surface area contributed by atoms with Gasteiger partial charge in [0.2, 0.25) is 0 Å². The number of anilines is 1. The minimum absolute atomic E-state index is 0.0866. The van der Waals surface area contributed by atoms with Gasteiger partial charge in [-0.25, -0.2) is 14.3 Å². The molecule has 0 bridgehead atoms. The zero-order valence-corrected chi connectivity index (χ0v) is 12.9. The van der Waals surface area contributed by atoms with Gasteiger partial charge in [-0.3, -0.25) is 4.90 Å². The number of carbonyl (C=O) groups is 1. The molecule has 0 atom stereocenters. The first-order chi connectivity index (χ1) is 11.2. The molecule has 7 nitrogen and oxygen atoms in total. The summed E-state index contributed by atoms with van der Waals surface area (Å²) < 4.78 is 8.15. The normalized spacial score (nSPS) is 17.8. The van der Waals surface area contributed by atoms with E-state index >= 15 is 0 Å². The fourth-order valence-electron chi connectivity index (χ4n) is 3.48. The quantitative estimate of drug-likeness (QED) is 0.870. The van der Waals surface area contributed by atoms with Crippen LogP contribution in [0.15, 0.2) is 29.1 Å². The Labute approximate surface area is 133 Å². The summed E-state index contributed by atoms with van der Waals surface area (Å²) >= 11 is 0. The van der Waals surface area contributed by atoms with Gasteiger partial charge in [0.25, 0.3) is 0 Å². The van der Waals surface area contributed by atoms with Crippen LogP contribution in [0.1, 0.15) is 37.5 Å². The molecule has 1 aromatic heterocycles. The number of carbonyl (C=O) groups excluding carboxylic acids is 1. The third kappa shape index (κ3) is 2.15. The molecule has 1 aliphatic heterocycles. The third-order valence-electron chi connectivity index (χ3n) is 4.65. The smallest absolute Gasteiger partial charge is 0.364 e. The van der Waals surface area contributed by atoms with Crippen LogP contribution in [0, 0.1) is 0 Å². The van der Waals surface area contributed by atoms with E-state index in [1.54, 1.807) is 16.7 Å². The van der Waals surface area contributed by atoms with Crippen LogP contribution in [0.2, 0.25) is 0 Å². The molecule has 1 aromatic carbocycles. The molecule has 0 radical (unpaired) electrons. The van der Waals surface area contributed by atoms with Crippen molar-refractivity contribution in [3.63, 3.8) is 0 Å². The Balaban J connectivity index is 1.69. The highest BCUT2D eigenvalue weighted by molar-refractivity contribution is 5.95. The van der Waals surface area contributed by atoms with Crippen LogP contribution in [0.5, 0.6) is 5.75 Å². The number of fused-ring (bicyclic) bond motifs is 1. The minimum atomic E-state index is -0.311. The van der Waals surface area contributed by atoms with Gasteiger partial charge in [-0.2, -0.15) is 9.67 Å². The number of methoxy groups -OCH3 is 1. The Morgan fingerprint density at radius 3 is 2.48 bits per heavy atom. The largest absolute Gasteiger partial charge is 0.497 e. The van der Waals surface area contributed by atoms with Gasteiger partial charge in [0, 0.05) is 5.69 Å². The maximum atomic E-state index is 12.8. The summed E-state index contributed by atoms with van der Waals surface area (Å²) in [6.07, 6.45) is 4.05. The van der Waals surface area contributed by atoms with E-state index in [2.05, 4.69) is 4.98 Å². The van der Waals surface area contributed by atoms with E-state index in [1.165, 1.54) is 4.68 Å². The van der Waals surface area contributed by atoms with Crippen LogP contribution in [-0.2, 0) is 6.54 Å². The van der Waals surface area contributed by atoms with Gasteiger partial charge in [0.1, 0.15) is 5.75 Å². The van der Waals surface area contributed by atoms with E-state index < -0.39 is 0 Å². The van der Waals surface area contributed by atoms with Gasteiger partial charge < -0.3 is 4.74 Å². The molecular weight excluding hydrogens is 296 g/mol. The lowest BCUT2D eigenvalue weighted by Gasteiger charge is -2.18. The fraction of sp³-hybridized carbons (Fsp3) is 0.438. The molecule has 2 aliphatic rings. The maximum Gasteiger partial charge on any atom is 0.364 e. The lowest BCUT2D eigenvalue weighted by molar-refractivity contribution is 0.240. The topological polar surface area (TPSA) is 69.4 Å². The second-order valence-electron chi connectivity index (χ2n) is 5.97. The van der Waals surface area contributed by atoms with Crippen LogP contribution in [0.25, 0.3) is 0 Å². The monoisotopic (exact) mass is 314 g/mol. The van der Waals surface area contributed by atoms with Crippen molar-refractivity contribution < 1.29 is 9.53 Å². The van der Waals surface area contributed by atoms with Crippen molar-refractivity contribution in [2.75, 3.05) is 12.0 Å². The van der Waals surface area contributed by atoms with Crippen molar-refractivity contribution in [2.45, 2.75) is 38.3 Å². The first-order valence-corrected chi connectivity index (χ1v) is 7.85. The number of hydrogen-bond acceptors (Lipinski definition) is 4. The highest BCUT2D eigenvalue weighted by Crippen LogP contribution is 2.31. The maximum absolute atomic E-state index is 12.8. The lowest BCUT2D eigenvalue weighted by Crippen LogP contribution is -2.35. The van der Waals surface area contributed by atoms with E-state index in [0.29, 0.717) is 12.4 Å². The number of hydrogen-bond donors (Lipinski definition) is 0. The molecule has 0 unspecified atom stereocenters. The molecule has 2 aromatic rings. The average Bonchev–Trinajstić information content (AvgIpc) is 3.25. The molecule has 4 rings (SSSR count). The Bertz CT molecular complexity index is 800. The van der Waals surface area contributed by atoms with Gasteiger partial charge in [-0.15, -0.1) is 0 Å². The molecular formula is C16H18N4O3. The van der Waals surface area contributed by atoms with E-state index in [0.717, 1.165) is 37.1 Å². The minimum Gasteiger partial charge on any atom is -0.497 e. The van der Waals surface area contributed by atoms with Crippen molar-refractivity contribution in [2.24, 2.45) is 0 Å². The number of rotatable bonds is 3. The summed E-state index contributed by atoms with van der Waals surface area (Å²) in [5.74, 6) is 1.25. The van der Waals surface area contributed by atoms with Crippen LogP contribution < -0.4 is 15.3 Å².